The van der Waals surface area contributed by atoms with E-state index < -0.39 is 0 Å². The van der Waals surface area contributed by atoms with Gasteiger partial charge in [0, 0.05) is 6.42 Å². The van der Waals surface area contributed by atoms with E-state index in [0.29, 0.717) is 6.42 Å². The summed E-state index contributed by atoms with van der Waals surface area (Å²) in [4.78, 5) is 11.3. The maximum Gasteiger partial charge on any atom is 0.159 e. The van der Waals surface area contributed by atoms with E-state index >= 15 is 0 Å². The van der Waals surface area contributed by atoms with Crippen LogP contribution < -0.4 is 0 Å². The fourth-order valence-corrected chi connectivity index (χ4v) is 1.74. The average molecular weight is 188 g/mol. The molecule has 0 aliphatic heterocycles. The second kappa shape index (κ2) is 4.23. The molecule has 0 heterocycles. The molecule has 1 rings (SSSR count). The van der Waals surface area contributed by atoms with Crippen LogP contribution in [0.4, 0.5) is 0 Å². The fourth-order valence-electron chi connectivity index (χ4n) is 1.74. The molecule has 0 aliphatic rings. The highest BCUT2D eigenvalue weighted by atomic mass is 16.1. The highest BCUT2D eigenvalue weighted by Crippen LogP contribution is 2.17. The van der Waals surface area contributed by atoms with Gasteiger partial charge in [-0.3, -0.25) is 4.79 Å². The summed E-state index contributed by atoms with van der Waals surface area (Å²) in [6, 6.07) is 4.22. The number of carbonyl (C=O) groups excluding carboxylic acids is 1. The average Bonchev–Trinajstić information content (AvgIpc) is 2.10. The van der Waals surface area contributed by atoms with E-state index in [2.05, 4.69) is 25.6 Å². The topological polar surface area (TPSA) is 17.1 Å². The summed E-state index contributed by atoms with van der Waals surface area (Å²) in [6.07, 6.45) is 1.86. The fraction of sp³-hybridized carbons (Fsp3) is 0.308. The first-order chi connectivity index (χ1) is 6.54. The Bertz CT molecular complexity index is 352. The van der Waals surface area contributed by atoms with Gasteiger partial charge in [-0.15, -0.1) is 0 Å². The third kappa shape index (κ3) is 2.32. The van der Waals surface area contributed by atoms with Crippen molar-refractivity contribution in [2.24, 2.45) is 0 Å². The van der Waals surface area contributed by atoms with Crippen LogP contribution in [-0.2, 0) is 11.2 Å². The molecule has 0 radical (unpaired) electrons. The molecular formula is C13H16O. The normalized spacial score (nSPS) is 9.93. The van der Waals surface area contributed by atoms with Gasteiger partial charge in [0.2, 0.25) is 0 Å². The molecule has 0 spiro atoms. The third-order valence-corrected chi connectivity index (χ3v) is 2.42. The maximum absolute atomic E-state index is 11.3. The van der Waals surface area contributed by atoms with Crippen LogP contribution in [0.2, 0.25) is 0 Å². The summed E-state index contributed by atoms with van der Waals surface area (Å²) in [6.45, 7) is 9.65. The Hall–Kier alpha value is -1.37. The maximum atomic E-state index is 11.3. The van der Waals surface area contributed by atoms with E-state index in [-0.39, 0.29) is 5.78 Å². The van der Waals surface area contributed by atoms with Crippen molar-refractivity contribution in [3.8, 4) is 0 Å². The number of hydrogen-bond acceptors (Lipinski definition) is 1. The Morgan fingerprint density at radius 1 is 1.29 bits per heavy atom. The molecule has 0 aromatic heterocycles. The second-order valence-corrected chi connectivity index (χ2v) is 3.72. The SMILES string of the molecule is C=CC(=O)Cc1c(C)cc(C)cc1C. The van der Waals surface area contributed by atoms with E-state index in [1.807, 2.05) is 13.8 Å². The first kappa shape index (κ1) is 10.7. The van der Waals surface area contributed by atoms with Crippen molar-refractivity contribution in [3.63, 3.8) is 0 Å². The van der Waals surface area contributed by atoms with E-state index in [1.54, 1.807) is 0 Å². The zero-order chi connectivity index (χ0) is 10.7. The van der Waals surface area contributed by atoms with Crippen molar-refractivity contribution in [3.05, 3.63) is 47.0 Å². The van der Waals surface area contributed by atoms with Gasteiger partial charge >= 0.3 is 0 Å². The number of carbonyl (C=O) groups is 1. The van der Waals surface area contributed by atoms with Crippen LogP contribution in [0, 0.1) is 20.8 Å². The first-order valence-electron chi connectivity index (χ1n) is 4.76. The van der Waals surface area contributed by atoms with Crippen LogP contribution >= 0.6 is 0 Å². The Morgan fingerprint density at radius 3 is 2.21 bits per heavy atom. The molecule has 0 unspecified atom stereocenters. The number of ketones is 1. The van der Waals surface area contributed by atoms with Crippen molar-refractivity contribution >= 4 is 5.78 Å². The third-order valence-electron chi connectivity index (χ3n) is 2.42. The molecule has 0 bridgehead atoms. The van der Waals surface area contributed by atoms with Crippen LogP contribution in [0.25, 0.3) is 0 Å². The molecule has 0 aliphatic carbocycles. The van der Waals surface area contributed by atoms with Crippen molar-refractivity contribution < 1.29 is 4.79 Å². The van der Waals surface area contributed by atoms with Crippen molar-refractivity contribution in [1.82, 2.24) is 0 Å². The molecular weight excluding hydrogens is 172 g/mol. The van der Waals surface area contributed by atoms with Crippen LogP contribution in [0.15, 0.2) is 24.8 Å². The van der Waals surface area contributed by atoms with Crippen molar-refractivity contribution in [2.75, 3.05) is 0 Å². The Morgan fingerprint density at radius 2 is 1.79 bits per heavy atom. The lowest BCUT2D eigenvalue weighted by Crippen LogP contribution is -2.03. The van der Waals surface area contributed by atoms with E-state index in [0.717, 1.165) is 5.56 Å². The lowest BCUT2D eigenvalue weighted by molar-refractivity contribution is -0.114. The highest BCUT2D eigenvalue weighted by Gasteiger charge is 2.06. The van der Waals surface area contributed by atoms with Gasteiger partial charge < -0.3 is 0 Å². The van der Waals surface area contributed by atoms with Gasteiger partial charge in [-0.25, -0.2) is 0 Å². The number of allylic oxidation sites excluding steroid dienone is 1. The Balaban J connectivity index is 3.08. The molecule has 1 aromatic rings. The largest absolute Gasteiger partial charge is 0.295 e. The van der Waals surface area contributed by atoms with Gasteiger partial charge in [0.1, 0.15) is 0 Å². The zero-order valence-electron chi connectivity index (χ0n) is 9.05. The van der Waals surface area contributed by atoms with Crippen LogP contribution in [0.3, 0.4) is 0 Å². The standard InChI is InChI=1S/C13H16O/c1-5-12(14)8-13-10(3)6-9(2)7-11(13)4/h5-7H,1,8H2,2-4H3. The number of aryl methyl sites for hydroxylation is 3. The molecule has 1 nitrogen and oxygen atoms in total. The minimum Gasteiger partial charge on any atom is -0.295 e. The summed E-state index contributed by atoms with van der Waals surface area (Å²) >= 11 is 0. The van der Waals surface area contributed by atoms with Crippen molar-refractivity contribution in [2.45, 2.75) is 27.2 Å². The monoisotopic (exact) mass is 188 g/mol. The molecule has 0 saturated carbocycles. The van der Waals surface area contributed by atoms with Crippen molar-refractivity contribution in [1.29, 1.82) is 0 Å². The lowest BCUT2D eigenvalue weighted by atomic mass is 9.96. The summed E-state index contributed by atoms with van der Waals surface area (Å²) in [5.74, 6) is 0.0834. The van der Waals surface area contributed by atoms with Gasteiger partial charge in [0.15, 0.2) is 5.78 Å². The molecule has 14 heavy (non-hydrogen) atoms. The predicted octanol–water partition coefficient (Wildman–Crippen LogP) is 2.91. The summed E-state index contributed by atoms with van der Waals surface area (Å²) in [5.41, 5.74) is 4.77. The smallest absolute Gasteiger partial charge is 0.159 e. The van der Waals surface area contributed by atoms with Gasteiger partial charge in [0.05, 0.1) is 0 Å². The zero-order valence-corrected chi connectivity index (χ0v) is 9.05. The molecule has 0 saturated heterocycles. The van der Waals surface area contributed by atoms with Gasteiger partial charge in [-0.1, -0.05) is 24.3 Å². The lowest BCUT2D eigenvalue weighted by Gasteiger charge is -2.09. The summed E-state index contributed by atoms with van der Waals surface area (Å²) in [7, 11) is 0. The molecule has 74 valence electrons. The summed E-state index contributed by atoms with van der Waals surface area (Å²) in [5, 5.41) is 0. The van der Waals surface area contributed by atoms with Gasteiger partial charge in [-0.05, 0) is 43.5 Å². The quantitative estimate of drug-likeness (QED) is 0.666. The molecule has 0 atom stereocenters. The summed E-state index contributed by atoms with van der Waals surface area (Å²) < 4.78 is 0. The van der Waals surface area contributed by atoms with Crippen LogP contribution in [-0.4, -0.2) is 5.78 Å². The van der Waals surface area contributed by atoms with Gasteiger partial charge in [-0.2, -0.15) is 0 Å². The van der Waals surface area contributed by atoms with E-state index in [9.17, 15) is 4.79 Å². The molecule has 0 amide bonds. The molecule has 1 heteroatoms. The number of rotatable bonds is 3. The molecule has 1 aromatic carbocycles. The number of hydrogen-bond donors (Lipinski definition) is 0. The van der Waals surface area contributed by atoms with Crippen LogP contribution in [0.1, 0.15) is 22.3 Å². The molecule has 0 fully saturated rings. The second-order valence-electron chi connectivity index (χ2n) is 3.72. The molecule has 0 N–H and O–H groups in total. The van der Waals surface area contributed by atoms with E-state index in [1.165, 1.54) is 22.8 Å². The Labute approximate surface area is 85.5 Å². The minimum atomic E-state index is 0.0834. The minimum absolute atomic E-state index is 0.0834. The number of benzene rings is 1. The van der Waals surface area contributed by atoms with E-state index in [4.69, 9.17) is 0 Å². The van der Waals surface area contributed by atoms with Crippen LogP contribution in [0.5, 0.6) is 0 Å². The highest BCUT2D eigenvalue weighted by molar-refractivity contribution is 5.91. The first-order valence-corrected chi connectivity index (χ1v) is 4.76. The predicted molar refractivity (Wildman–Crippen MR) is 59.6 cm³/mol. The Kier molecular flexibility index (Phi) is 3.23. The van der Waals surface area contributed by atoms with Gasteiger partial charge in [0.25, 0.3) is 0 Å².